The summed E-state index contributed by atoms with van der Waals surface area (Å²) in [6.45, 7) is 14.6. The SMILES string of the molecule is CCCCCCCCc1cc(O)n(NC(=O)CCc2cc(C(C)(C)C)c(O)c(C(C)(C)C)c2)c1O. The largest absolute Gasteiger partial charge is 0.507 e. The average molecular weight is 487 g/mol. The number of aromatic hydroxyl groups is 3. The minimum Gasteiger partial charge on any atom is -0.507 e. The van der Waals surface area contributed by atoms with Gasteiger partial charge in [-0.05, 0) is 46.8 Å². The standard InChI is InChI=1S/C29H46N2O4/c1-8-9-10-11-12-13-14-21-19-25(33)31(27(21)35)30-24(32)16-15-20-17-22(28(2,3)4)26(34)23(18-20)29(5,6)7/h17-19,33-35H,8-16H2,1-7H3,(H,30,32). The van der Waals surface area contributed by atoms with Gasteiger partial charge in [0.05, 0.1) is 0 Å². The van der Waals surface area contributed by atoms with Crippen molar-refractivity contribution in [3.05, 3.63) is 40.5 Å². The lowest BCUT2D eigenvalue weighted by molar-refractivity contribution is -0.117. The minimum atomic E-state index is -0.306. The Labute approximate surface area is 211 Å². The number of nitrogens with one attached hydrogen (secondary N) is 1. The van der Waals surface area contributed by atoms with Crippen LogP contribution in [0.1, 0.15) is 116 Å². The van der Waals surface area contributed by atoms with Crippen molar-refractivity contribution in [2.75, 3.05) is 5.43 Å². The predicted molar refractivity (Wildman–Crippen MR) is 143 cm³/mol. The Morgan fingerprint density at radius 2 is 1.37 bits per heavy atom. The highest BCUT2D eigenvalue weighted by molar-refractivity contribution is 5.84. The van der Waals surface area contributed by atoms with Crippen molar-refractivity contribution in [3.8, 4) is 17.5 Å². The van der Waals surface area contributed by atoms with Gasteiger partial charge in [-0.25, -0.2) is 0 Å². The molecule has 0 aliphatic heterocycles. The minimum absolute atomic E-state index is 0.112. The van der Waals surface area contributed by atoms with Crippen LogP contribution in [0.4, 0.5) is 0 Å². The number of rotatable bonds is 11. The molecular weight excluding hydrogens is 440 g/mol. The third kappa shape index (κ3) is 7.94. The Hall–Kier alpha value is -2.63. The van der Waals surface area contributed by atoms with Crippen LogP contribution < -0.4 is 5.43 Å². The maximum Gasteiger partial charge on any atom is 0.239 e. The van der Waals surface area contributed by atoms with Crippen LogP contribution in [0, 0.1) is 0 Å². The van der Waals surface area contributed by atoms with E-state index in [2.05, 4.69) is 53.9 Å². The normalized spacial score (nSPS) is 12.2. The molecule has 1 aromatic carbocycles. The molecule has 0 aliphatic rings. The number of aromatic nitrogens is 1. The van der Waals surface area contributed by atoms with E-state index in [4.69, 9.17) is 0 Å². The van der Waals surface area contributed by atoms with E-state index < -0.39 is 0 Å². The first-order valence-electron chi connectivity index (χ1n) is 13.0. The van der Waals surface area contributed by atoms with Crippen molar-refractivity contribution in [2.45, 2.75) is 117 Å². The highest BCUT2D eigenvalue weighted by Gasteiger charge is 2.26. The van der Waals surface area contributed by atoms with Gasteiger partial charge in [-0.2, -0.15) is 4.68 Å². The molecule has 0 radical (unpaired) electrons. The topological polar surface area (TPSA) is 94.7 Å². The van der Waals surface area contributed by atoms with Crippen LogP contribution in [0.2, 0.25) is 0 Å². The van der Waals surface area contributed by atoms with Crippen LogP contribution in [0.15, 0.2) is 18.2 Å². The lowest BCUT2D eigenvalue weighted by Crippen LogP contribution is -2.23. The van der Waals surface area contributed by atoms with Gasteiger partial charge in [0.25, 0.3) is 0 Å². The van der Waals surface area contributed by atoms with Gasteiger partial charge in [0.2, 0.25) is 17.7 Å². The third-order valence-corrected chi connectivity index (χ3v) is 6.49. The number of phenols is 1. The maximum absolute atomic E-state index is 12.7. The molecule has 0 aliphatic carbocycles. The summed E-state index contributed by atoms with van der Waals surface area (Å²) in [6, 6.07) is 5.47. The molecule has 0 spiro atoms. The molecule has 4 N–H and O–H groups in total. The fourth-order valence-corrected chi connectivity index (χ4v) is 4.35. The number of carbonyl (C=O) groups is 1. The number of aryl methyl sites for hydroxylation is 2. The molecule has 1 amide bonds. The summed E-state index contributed by atoms with van der Waals surface area (Å²) in [7, 11) is 0. The van der Waals surface area contributed by atoms with Crippen molar-refractivity contribution in [1.82, 2.24) is 4.68 Å². The highest BCUT2D eigenvalue weighted by atomic mass is 16.3. The van der Waals surface area contributed by atoms with Gasteiger partial charge in [0.15, 0.2) is 0 Å². The smallest absolute Gasteiger partial charge is 0.239 e. The van der Waals surface area contributed by atoms with Crippen LogP contribution in [0.25, 0.3) is 0 Å². The number of benzene rings is 1. The summed E-state index contributed by atoms with van der Waals surface area (Å²) < 4.78 is 1.06. The van der Waals surface area contributed by atoms with Crippen LogP contribution >= 0.6 is 0 Å². The molecule has 6 heteroatoms. The fraction of sp³-hybridized carbons (Fsp3) is 0.621. The highest BCUT2D eigenvalue weighted by Crippen LogP contribution is 2.40. The molecule has 1 heterocycles. The van der Waals surface area contributed by atoms with Gasteiger partial charge >= 0.3 is 0 Å². The first-order chi connectivity index (χ1) is 16.3. The Kier molecular flexibility index (Phi) is 9.70. The van der Waals surface area contributed by atoms with Crippen LogP contribution in [-0.2, 0) is 28.5 Å². The molecule has 0 saturated carbocycles. The molecule has 0 fully saturated rings. The summed E-state index contributed by atoms with van der Waals surface area (Å²) in [5.41, 5.74) is 5.47. The summed E-state index contributed by atoms with van der Waals surface area (Å²) in [5.74, 6) is -0.274. The van der Waals surface area contributed by atoms with Gasteiger partial charge < -0.3 is 15.3 Å². The molecule has 0 atom stereocenters. The van der Waals surface area contributed by atoms with E-state index in [-0.39, 0.29) is 34.9 Å². The summed E-state index contributed by atoms with van der Waals surface area (Å²) in [5, 5.41) is 31.7. The van der Waals surface area contributed by atoms with Crippen molar-refractivity contribution in [3.63, 3.8) is 0 Å². The quantitative estimate of drug-likeness (QED) is 0.263. The average Bonchev–Trinajstić information content (AvgIpc) is 3.01. The predicted octanol–water partition coefficient (Wildman–Crippen LogP) is 6.81. The second-order valence-corrected chi connectivity index (χ2v) is 11.8. The lowest BCUT2D eigenvalue weighted by atomic mass is 9.78. The first kappa shape index (κ1) is 28.6. The Bertz CT molecular complexity index is 958. The molecule has 6 nitrogen and oxygen atoms in total. The van der Waals surface area contributed by atoms with E-state index in [1.54, 1.807) is 0 Å². The number of amides is 1. The van der Waals surface area contributed by atoms with Crippen LogP contribution in [-0.4, -0.2) is 25.9 Å². The molecule has 2 aromatic rings. The third-order valence-electron chi connectivity index (χ3n) is 6.49. The van der Waals surface area contributed by atoms with E-state index in [0.29, 0.717) is 24.2 Å². The van der Waals surface area contributed by atoms with Gasteiger partial charge in [0.1, 0.15) is 5.75 Å². The number of phenolic OH excluding ortho intramolecular Hbond substituents is 1. The Morgan fingerprint density at radius 1 is 0.829 bits per heavy atom. The molecule has 196 valence electrons. The first-order valence-corrected chi connectivity index (χ1v) is 13.0. The summed E-state index contributed by atoms with van der Waals surface area (Å²) in [4.78, 5) is 12.7. The monoisotopic (exact) mass is 486 g/mol. The number of carbonyl (C=O) groups excluding carboxylic acids is 1. The molecule has 0 saturated heterocycles. The van der Waals surface area contributed by atoms with Crippen molar-refractivity contribution < 1.29 is 20.1 Å². The van der Waals surface area contributed by atoms with Crippen LogP contribution in [0.5, 0.6) is 17.5 Å². The van der Waals surface area contributed by atoms with Gasteiger partial charge in [-0.1, -0.05) is 92.7 Å². The molecule has 0 bridgehead atoms. The fourth-order valence-electron chi connectivity index (χ4n) is 4.35. The lowest BCUT2D eigenvalue weighted by Gasteiger charge is -2.28. The van der Waals surface area contributed by atoms with Crippen molar-refractivity contribution >= 4 is 5.91 Å². The zero-order valence-corrected chi connectivity index (χ0v) is 22.8. The van der Waals surface area contributed by atoms with E-state index in [9.17, 15) is 20.1 Å². The van der Waals surface area contributed by atoms with Gasteiger partial charge in [-0.3, -0.25) is 10.2 Å². The summed E-state index contributed by atoms with van der Waals surface area (Å²) >= 11 is 0. The van der Waals surface area contributed by atoms with E-state index in [1.807, 2.05) is 12.1 Å². The zero-order chi connectivity index (χ0) is 26.4. The molecule has 35 heavy (non-hydrogen) atoms. The van der Waals surface area contributed by atoms with Gasteiger partial charge in [0, 0.05) is 18.1 Å². The Morgan fingerprint density at radius 3 is 1.91 bits per heavy atom. The number of unbranched alkanes of at least 4 members (excludes halogenated alkanes) is 5. The maximum atomic E-state index is 12.7. The molecule has 1 aromatic heterocycles. The van der Waals surface area contributed by atoms with Crippen LogP contribution in [0.3, 0.4) is 0 Å². The van der Waals surface area contributed by atoms with Crippen molar-refractivity contribution in [1.29, 1.82) is 0 Å². The molecule has 2 rings (SSSR count). The number of hydrogen-bond donors (Lipinski definition) is 4. The van der Waals surface area contributed by atoms with E-state index in [0.717, 1.165) is 34.2 Å². The molecule has 0 unspecified atom stereocenters. The van der Waals surface area contributed by atoms with Crippen molar-refractivity contribution in [2.24, 2.45) is 0 Å². The van der Waals surface area contributed by atoms with Gasteiger partial charge in [-0.15, -0.1) is 0 Å². The zero-order valence-electron chi connectivity index (χ0n) is 22.8. The number of hydrogen-bond acceptors (Lipinski definition) is 4. The Balaban J connectivity index is 2.06. The number of nitrogens with zero attached hydrogens (tertiary/aromatic N) is 1. The molecular formula is C29H46N2O4. The second kappa shape index (κ2) is 11.9. The van der Waals surface area contributed by atoms with E-state index in [1.165, 1.54) is 31.7 Å². The summed E-state index contributed by atoms with van der Waals surface area (Å²) in [6.07, 6.45) is 8.18. The van der Waals surface area contributed by atoms with E-state index >= 15 is 0 Å². The second-order valence-electron chi connectivity index (χ2n) is 11.8.